The first-order chi connectivity index (χ1) is 13.1. The van der Waals surface area contributed by atoms with Gasteiger partial charge < -0.3 is 11.1 Å². The summed E-state index contributed by atoms with van der Waals surface area (Å²) in [5.74, 6) is 0.489. The van der Waals surface area contributed by atoms with Gasteiger partial charge in [0.2, 0.25) is 0 Å². The monoisotopic (exact) mass is 359 g/mol. The van der Waals surface area contributed by atoms with E-state index in [0.29, 0.717) is 40.7 Å². The number of aromatic nitrogens is 5. The second-order valence-electron chi connectivity index (χ2n) is 6.04. The first kappa shape index (κ1) is 16.6. The number of anilines is 1. The minimum Gasteiger partial charge on any atom is -0.365 e. The number of fused-ring (bicyclic) bond motifs is 1. The molecule has 3 heterocycles. The number of carbonyl (C=O) groups excluding carboxylic acids is 1. The van der Waals surface area contributed by atoms with E-state index in [-0.39, 0.29) is 0 Å². The second kappa shape index (κ2) is 6.83. The molecule has 0 spiro atoms. The number of nitrogens with zero attached hydrogens (tertiary/aromatic N) is 5. The van der Waals surface area contributed by atoms with Crippen molar-refractivity contribution >= 4 is 17.2 Å². The fourth-order valence-electron chi connectivity index (χ4n) is 2.93. The molecule has 1 aromatic carbocycles. The molecule has 134 valence electrons. The summed E-state index contributed by atoms with van der Waals surface area (Å²) < 4.78 is 1.51. The molecule has 8 nitrogen and oxygen atoms in total. The maximum absolute atomic E-state index is 11.7. The molecule has 0 aliphatic heterocycles. The van der Waals surface area contributed by atoms with Crippen molar-refractivity contribution in [1.29, 1.82) is 0 Å². The molecule has 0 radical (unpaired) electrons. The molecule has 0 aliphatic rings. The predicted octanol–water partition coefficient (Wildman–Crippen LogP) is 2.21. The Morgan fingerprint density at radius 2 is 1.96 bits per heavy atom. The number of hydrogen-bond acceptors (Lipinski definition) is 6. The van der Waals surface area contributed by atoms with Gasteiger partial charge in [-0.15, -0.1) is 5.10 Å². The van der Waals surface area contributed by atoms with E-state index in [0.717, 1.165) is 5.56 Å². The lowest BCUT2D eigenvalue weighted by molar-refractivity contribution is 0.0993. The third kappa shape index (κ3) is 3.20. The Hall–Kier alpha value is -3.81. The minimum atomic E-state index is -0.549. The van der Waals surface area contributed by atoms with Gasteiger partial charge in [0.1, 0.15) is 11.5 Å². The summed E-state index contributed by atoms with van der Waals surface area (Å²) in [6.07, 6.45) is 1.57. The van der Waals surface area contributed by atoms with E-state index in [1.807, 2.05) is 43.3 Å². The van der Waals surface area contributed by atoms with Crippen LogP contribution in [0.4, 0.5) is 5.82 Å². The highest BCUT2D eigenvalue weighted by molar-refractivity contribution is 5.93. The summed E-state index contributed by atoms with van der Waals surface area (Å²) in [5.41, 5.74) is 8.98. The fraction of sp³-hybridized carbons (Fsp3) is 0.105. The molecule has 0 saturated carbocycles. The van der Waals surface area contributed by atoms with E-state index in [4.69, 9.17) is 5.73 Å². The van der Waals surface area contributed by atoms with Gasteiger partial charge in [0.05, 0.1) is 23.0 Å². The summed E-state index contributed by atoms with van der Waals surface area (Å²) >= 11 is 0. The molecule has 0 bridgehead atoms. The topological polar surface area (TPSA) is 111 Å². The number of aryl methyl sites for hydroxylation is 1. The Morgan fingerprint density at radius 3 is 2.74 bits per heavy atom. The third-order valence-electron chi connectivity index (χ3n) is 4.18. The van der Waals surface area contributed by atoms with Crippen molar-refractivity contribution in [3.05, 3.63) is 71.7 Å². The van der Waals surface area contributed by atoms with Crippen LogP contribution in [0.25, 0.3) is 16.9 Å². The van der Waals surface area contributed by atoms with E-state index >= 15 is 0 Å². The average molecular weight is 359 g/mol. The van der Waals surface area contributed by atoms with E-state index < -0.39 is 5.91 Å². The number of amides is 1. The Kier molecular flexibility index (Phi) is 4.21. The molecule has 4 aromatic rings. The molecule has 8 heteroatoms. The molecule has 0 aliphatic carbocycles. The number of nitrogens with two attached hydrogens (primary N) is 1. The normalized spacial score (nSPS) is 10.9. The number of carbonyl (C=O) groups is 1. The predicted molar refractivity (Wildman–Crippen MR) is 101 cm³/mol. The maximum Gasteiger partial charge on any atom is 0.267 e. The SMILES string of the molecule is Cc1nn2c(C(N)=O)cccc2c1-c1nncc(NCc2ccccc2)n1. The molecule has 1 amide bonds. The molecule has 0 atom stereocenters. The van der Waals surface area contributed by atoms with Gasteiger partial charge in [-0.2, -0.15) is 10.2 Å². The Labute approximate surface area is 155 Å². The number of primary amides is 1. The largest absolute Gasteiger partial charge is 0.365 e. The van der Waals surface area contributed by atoms with Crippen molar-refractivity contribution in [2.75, 3.05) is 5.32 Å². The van der Waals surface area contributed by atoms with Gasteiger partial charge >= 0.3 is 0 Å². The summed E-state index contributed by atoms with van der Waals surface area (Å²) in [7, 11) is 0. The van der Waals surface area contributed by atoms with Crippen LogP contribution in [0.2, 0.25) is 0 Å². The number of pyridine rings is 1. The van der Waals surface area contributed by atoms with Crippen molar-refractivity contribution in [2.24, 2.45) is 5.73 Å². The highest BCUT2D eigenvalue weighted by atomic mass is 16.1. The molecule has 3 aromatic heterocycles. The van der Waals surface area contributed by atoms with Gasteiger partial charge in [-0.3, -0.25) is 4.79 Å². The van der Waals surface area contributed by atoms with Crippen molar-refractivity contribution in [1.82, 2.24) is 24.8 Å². The summed E-state index contributed by atoms with van der Waals surface area (Å²) in [6.45, 7) is 2.46. The van der Waals surface area contributed by atoms with Crippen LogP contribution >= 0.6 is 0 Å². The van der Waals surface area contributed by atoms with Crippen LogP contribution in [-0.2, 0) is 6.54 Å². The lowest BCUT2D eigenvalue weighted by Crippen LogP contribution is -2.15. The molecule has 4 rings (SSSR count). The van der Waals surface area contributed by atoms with Crippen molar-refractivity contribution in [3.8, 4) is 11.4 Å². The third-order valence-corrected chi connectivity index (χ3v) is 4.18. The Morgan fingerprint density at radius 1 is 1.15 bits per heavy atom. The standard InChI is InChI=1S/C19H17N7O/c1-12-17(14-8-5-9-15(18(20)27)26(14)25-12)19-23-16(11-22-24-19)21-10-13-6-3-2-4-7-13/h2-9,11H,10H2,1H3,(H2,20,27)(H,21,23,24). The van der Waals surface area contributed by atoms with Crippen LogP contribution in [0.3, 0.4) is 0 Å². The molecular weight excluding hydrogens is 342 g/mol. The van der Waals surface area contributed by atoms with Crippen LogP contribution in [-0.4, -0.2) is 30.7 Å². The van der Waals surface area contributed by atoms with Gasteiger partial charge in [0.25, 0.3) is 5.91 Å². The van der Waals surface area contributed by atoms with E-state index in [1.54, 1.807) is 18.3 Å². The van der Waals surface area contributed by atoms with Gasteiger partial charge in [-0.1, -0.05) is 36.4 Å². The number of nitrogens with one attached hydrogen (secondary N) is 1. The first-order valence-corrected chi connectivity index (χ1v) is 8.39. The molecule has 0 unspecified atom stereocenters. The zero-order chi connectivity index (χ0) is 18.8. The van der Waals surface area contributed by atoms with Crippen LogP contribution < -0.4 is 11.1 Å². The van der Waals surface area contributed by atoms with Crippen molar-refractivity contribution in [2.45, 2.75) is 13.5 Å². The highest BCUT2D eigenvalue weighted by Gasteiger charge is 2.18. The highest BCUT2D eigenvalue weighted by Crippen LogP contribution is 2.26. The van der Waals surface area contributed by atoms with Crippen LogP contribution in [0.5, 0.6) is 0 Å². The zero-order valence-electron chi connectivity index (χ0n) is 14.6. The Balaban J connectivity index is 1.71. The van der Waals surface area contributed by atoms with Crippen molar-refractivity contribution in [3.63, 3.8) is 0 Å². The molecule has 27 heavy (non-hydrogen) atoms. The van der Waals surface area contributed by atoms with Crippen molar-refractivity contribution < 1.29 is 4.79 Å². The second-order valence-corrected chi connectivity index (χ2v) is 6.04. The van der Waals surface area contributed by atoms with Gasteiger partial charge in [0, 0.05) is 6.54 Å². The molecular formula is C19H17N7O. The van der Waals surface area contributed by atoms with Gasteiger partial charge in [-0.05, 0) is 24.6 Å². The van der Waals surface area contributed by atoms with Crippen LogP contribution in [0.15, 0.2) is 54.7 Å². The van der Waals surface area contributed by atoms with E-state index in [2.05, 4.69) is 25.6 Å². The minimum absolute atomic E-state index is 0.299. The zero-order valence-corrected chi connectivity index (χ0v) is 14.6. The lowest BCUT2D eigenvalue weighted by Gasteiger charge is -2.06. The summed E-state index contributed by atoms with van der Waals surface area (Å²) in [4.78, 5) is 16.2. The molecule has 0 saturated heterocycles. The van der Waals surface area contributed by atoms with E-state index in [9.17, 15) is 4.79 Å². The van der Waals surface area contributed by atoms with Crippen LogP contribution in [0.1, 0.15) is 21.7 Å². The van der Waals surface area contributed by atoms with Gasteiger partial charge in [0.15, 0.2) is 5.82 Å². The smallest absolute Gasteiger partial charge is 0.267 e. The average Bonchev–Trinajstić information content (AvgIpc) is 3.03. The first-order valence-electron chi connectivity index (χ1n) is 8.39. The number of rotatable bonds is 5. The summed E-state index contributed by atoms with van der Waals surface area (Å²) in [6, 6.07) is 15.2. The number of hydrogen-bond donors (Lipinski definition) is 2. The number of benzene rings is 1. The lowest BCUT2D eigenvalue weighted by atomic mass is 10.2. The molecule has 3 N–H and O–H groups in total. The maximum atomic E-state index is 11.7. The Bertz CT molecular complexity index is 1120. The molecule has 0 fully saturated rings. The van der Waals surface area contributed by atoms with Crippen LogP contribution in [0, 0.1) is 6.92 Å². The fourth-order valence-corrected chi connectivity index (χ4v) is 2.93. The summed E-state index contributed by atoms with van der Waals surface area (Å²) in [5, 5.41) is 15.9. The quantitative estimate of drug-likeness (QED) is 0.565. The van der Waals surface area contributed by atoms with E-state index in [1.165, 1.54) is 4.52 Å². The van der Waals surface area contributed by atoms with Gasteiger partial charge in [-0.25, -0.2) is 9.50 Å².